The molecule has 0 saturated heterocycles. The van der Waals surface area contributed by atoms with Gasteiger partial charge in [-0.1, -0.05) is 32.1 Å². The first-order chi connectivity index (χ1) is 6.36. The third kappa shape index (κ3) is 3.32. The van der Waals surface area contributed by atoms with Gasteiger partial charge in [0.05, 0.1) is 6.61 Å². The van der Waals surface area contributed by atoms with Crippen molar-refractivity contribution >= 4 is 0 Å². The minimum Gasteiger partial charge on any atom is -0.494 e. The van der Waals surface area contributed by atoms with Crippen molar-refractivity contribution < 1.29 is 4.74 Å². The zero-order valence-corrected chi connectivity index (χ0v) is 8.05. The lowest BCUT2D eigenvalue weighted by Gasteiger charge is -2.05. The van der Waals surface area contributed by atoms with E-state index >= 15 is 0 Å². The van der Waals surface area contributed by atoms with E-state index in [4.69, 9.17) is 4.74 Å². The fourth-order valence-electron chi connectivity index (χ4n) is 1.03. The molecule has 1 nitrogen and oxygen atoms in total. The van der Waals surface area contributed by atoms with Crippen LogP contribution in [0, 0.1) is 6.08 Å². The lowest BCUT2D eigenvalue weighted by atomic mass is 10.2. The third-order valence-electron chi connectivity index (χ3n) is 1.80. The van der Waals surface area contributed by atoms with Crippen molar-refractivity contribution in [2.24, 2.45) is 0 Å². The SMILES string of the molecule is C=[C]c1cccc(OCCCC)c1. The second-order valence-corrected chi connectivity index (χ2v) is 2.91. The van der Waals surface area contributed by atoms with E-state index in [1.165, 1.54) is 0 Å². The van der Waals surface area contributed by atoms with E-state index in [0.717, 1.165) is 30.8 Å². The molecule has 0 saturated carbocycles. The molecule has 1 radical (unpaired) electrons. The summed E-state index contributed by atoms with van der Waals surface area (Å²) in [5, 5.41) is 0. The average molecular weight is 175 g/mol. The van der Waals surface area contributed by atoms with E-state index in [2.05, 4.69) is 19.6 Å². The Kier molecular flexibility index (Phi) is 4.10. The first kappa shape index (κ1) is 9.85. The zero-order valence-electron chi connectivity index (χ0n) is 8.05. The van der Waals surface area contributed by atoms with Crippen LogP contribution in [-0.2, 0) is 0 Å². The molecule has 0 aliphatic heterocycles. The highest BCUT2D eigenvalue weighted by Crippen LogP contribution is 2.13. The van der Waals surface area contributed by atoms with Gasteiger partial charge in [0.1, 0.15) is 5.75 Å². The lowest BCUT2D eigenvalue weighted by Crippen LogP contribution is -1.96. The number of hydrogen-bond donors (Lipinski definition) is 0. The van der Waals surface area contributed by atoms with Gasteiger partial charge in [0.2, 0.25) is 0 Å². The monoisotopic (exact) mass is 175 g/mol. The Hall–Kier alpha value is -1.24. The summed E-state index contributed by atoms with van der Waals surface area (Å²) in [6.07, 6.45) is 5.09. The van der Waals surface area contributed by atoms with Crippen molar-refractivity contribution in [2.45, 2.75) is 19.8 Å². The maximum absolute atomic E-state index is 5.52. The van der Waals surface area contributed by atoms with E-state index in [1.54, 1.807) is 0 Å². The third-order valence-corrected chi connectivity index (χ3v) is 1.80. The van der Waals surface area contributed by atoms with Gasteiger partial charge in [0.25, 0.3) is 0 Å². The summed E-state index contributed by atoms with van der Waals surface area (Å²) in [4.78, 5) is 0. The van der Waals surface area contributed by atoms with Gasteiger partial charge in [-0.2, -0.15) is 0 Å². The molecule has 69 valence electrons. The van der Waals surface area contributed by atoms with Crippen molar-refractivity contribution in [3.05, 3.63) is 42.5 Å². The smallest absolute Gasteiger partial charge is 0.119 e. The van der Waals surface area contributed by atoms with E-state index in [9.17, 15) is 0 Å². The standard InChI is InChI=1S/C12H15O/c1-3-5-9-13-12-8-6-7-11(4-2)10-12/h6-8,10H,2-3,5,9H2,1H3. The van der Waals surface area contributed by atoms with Crippen LogP contribution in [-0.4, -0.2) is 6.61 Å². The first-order valence-corrected chi connectivity index (χ1v) is 4.62. The highest BCUT2D eigenvalue weighted by Gasteiger charge is 1.93. The molecular formula is C12H15O. The molecular weight excluding hydrogens is 160 g/mol. The predicted octanol–water partition coefficient (Wildman–Crippen LogP) is 3.20. The molecule has 0 spiro atoms. The Balaban J connectivity index is 2.51. The fraction of sp³-hybridized carbons (Fsp3) is 0.333. The number of benzene rings is 1. The normalized spacial score (nSPS) is 9.62. The van der Waals surface area contributed by atoms with Gasteiger partial charge < -0.3 is 4.74 Å². The van der Waals surface area contributed by atoms with E-state index in [0.29, 0.717) is 0 Å². The Morgan fingerprint density at radius 1 is 1.46 bits per heavy atom. The molecule has 0 aliphatic carbocycles. The summed E-state index contributed by atoms with van der Waals surface area (Å²) < 4.78 is 5.52. The Morgan fingerprint density at radius 2 is 2.31 bits per heavy atom. The molecule has 0 heterocycles. The molecule has 1 aromatic carbocycles. The van der Waals surface area contributed by atoms with Crippen molar-refractivity contribution in [1.82, 2.24) is 0 Å². The van der Waals surface area contributed by atoms with Gasteiger partial charge >= 0.3 is 0 Å². The summed E-state index contributed by atoms with van der Waals surface area (Å²) in [6.45, 7) is 6.53. The maximum atomic E-state index is 5.52. The van der Waals surface area contributed by atoms with Crippen LogP contribution in [0.5, 0.6) is 5.75 Å². The Labute approximate surface area is 80.0 Å². The first-order valence-electron chi connectivity index (χ1n) is 4.62. The Morgan fingerprint density at radius 3 is 3.00 bits per heavy atom. The lowest BCUT2D eigenvalue weighted by molar-refractivity contribution is 0.309. The van der Waals surface area contributed by atoms with Gasteiger partial charge in [-0.15, -0.1) is 0 Å². The second kappa shape index (κ2) is 5.41. The summed E-state index contributed by atoms with van der Waals surface area (Å²) >= 11 is 0. The summed E-state index contributed by atoms with van der Waals surface area (Å²) in [5.41, 5.74) is 0.981. The van der Waals surface area contributed by atoms with E-state index in [1.807, 2.05) is 24.3 Å². The average Bonchev–Trinajstić information content (AvgIpc) is 2.19. The van der Waals surface area contributed by atoms with Gasteiger partial charge in [-0.05, 0) is 30.2 Å². The molecule has 0 amide bonds. The van der Waals surface area contributed by atoms with Crippen molar-refractivity contribution in [3.8, 4) is 5.75 Å². The Bertz CT molecular complexity index is 266. The molecule has 0 fully saturated rings. The van der Waals surface area contributed by atoms with Crippen LogP contribution in [0.3, 0.4) is 0 Å². The van der Waals surface area contributed by atoms with Gasteiger partial charge in [0.15, 0.2) is 0 Å². The molecule has 0 bridgehead atoms. The summed E-state index contributed by atoms with van der Waals surface area (Å²) in [7, 11) is 0. The molecule has 0 unspecified atom stereocenters. The topological polar surface area (TPSA) is 9.23 Å². The van der Waals surface area contributed by atoms with Crippen LogP contribution >= 0.6 is 0 Å². The van der Waals surface area contributed by atoms with Gasteiger partial charge in [-0.25, -0.2) is 0 Å². The quantitative estimate of drug-likeness (QED) is 0.624. The van der Waals surface area contributed by atoms with Crippen LogP contribution < -0.4 is 4.74 Å². The van der Waals surface area contributed by atoms with Crippen LogP contribution in [0.2, 0.25) is 0 Å². The predicted molar refractivity (Wildman–Crippen MR) is 54.8 cm³/mol. The number of ether oxygens (including phenoxy) is 1. The maximum Gasteiger partial charge on any atom is 0.119 e. The van der Waals surface area contributed by atoms with Gasteiger partial charge in [0, 0.05) is 0 Å². The number of rotatable bonds is 5. The van der Waals surface area contributed by atoms with Crippen molar-refractivity contribution in [1.29, 1.82) is 0 Å². The van der Waals surface area contributed by atoms with Crippen LogP contribution in [0.15, 0.2) is 30.8 Å². The molecule has 0 aromatic heterocycles. The van der Waals surface area contributed by atoms with E-state index < -0.39 is 0 Å². The minimum atomic E-state index is 0.789. The molecule has 1 aromatic rings. The number of hydrogen-bond acceptors (Lipinski definition) is 1. The molecule has 13 heavy (non-hydrogen) atoms. The van der Waals surface area contributed by atoms with Crippen LogP contribution in [0.1, 0.15) is 25.3 Å². The largest absolute Gasteiger partial charge is 0.494 e. The number of unbranched alkanes of at least 4 members (excludes halogenated alkanes) is 1. The molecule has 0 aliphatic rings. The highest BCUT2D eigenvalue weighted by atomic mass is 16.5. The molecule has 1 rings (SSSR count). The second-order valence-electron chi connectivity index (χ2n) is 2.91. The van der Waals surface area contributed by atoms with Gasteiger partial charge in [-0.3, -0.25) is 0 Å². The summed E-state index contributed by atoms with van der Waals surface area (Å²) in [5.74, 6) is 0.905. The van der Waals surface area contributed by atoms with Crippen LogP contribution in [0.25, 0.3) is 0 Å². The van der Waals surface area contributed by atoms with Crippen molar-refractivity contribution in [2.75, 3.05) is 6.61 Å². The molecule has 0 N–H and O–H groups in total. The molecule has 0 atom stereocenters. The summed E-state index contributed by atoms with van der Waals surface area (Å²) in [6, 6.07) is 7.81. The molecule has 1 heteroatoms. The fourth-order valence-corrected chi connectivity index (χ4v) is 1.03. The van der Waals surface area contributed by atoms with Crippen molar-refractivity contribution in [3.63, 3.8) is 0 Å². The highest BCUT2D eigenvalue weighted by molar-refractivity contribution is 5.31. The van der Waals surface area contributed by atoms with E-state index in [-0.39, 0.29) is 0 Å². The zero-order chi connectivity index (χ0) is 9.52. The minimum absolute atomic E-state index is 0.789. The van der Waals surface area contributed by atoms with Crippen LogP contribution in [0.4, 0.5) is 0 Å².